The van der Waals surface area contributed by atoms with Gasteiger partial charge in [0.05, 0.1) is 5.92 Å². The van der Waals surface area contributed by atoms with Crippen LogP contribution >= 0.6 is 0 Å². The van der Waals surface area contributed by atoms with Gasteiger partial charge in [-0.2, -0.15) is 0 Å². The lowest BCUT2D eigenvalue weighted by atomic mass is 9.96. The average molecular weight is 408 g/mol. The number of nitrogens with one attached hydrogen (secondary N) is 2. The SMILES string of the molecule is Cc1ccc(C(=O)N2CCCC(C(=O)NCCC(=O)NCc3ccccc3)C2)cc1. The number of hydrogen-bond acceptors (Lipinski definition) is 3. The van der Waals surface area contributed by atoms with Gasteiger partial charge in [0, 0.05) is 38.2 Å². The second-order valence-corrected chi connectivity index (χ2v) is 7.76. The molecule has 1 atom stereocenters. The fraction of sp³-hybridized carbons (Fsp3) is 0.375. The lowest BCUT2D eigenvalue weighted by molar-refractivity contribution is -0.126. The molecule has 2 aromatic carbocycles. The van der Waals surface area contributed by atoms with E-state index < -0.39 is 0 Å². The van der Waals surface area contributed by atoms with E-state index in [0.29, 0.717) is 31.7 Å². The zero-order valence-corrected chi connectivity index (χ0v) is 17.4. The standard InChI is InChI=1S/C24H29N3O3/c1-18-9-11-20(12-10-18)24(30)27-15-5-8-21(17-27)23(29)25-14-13-22(28)26-16-19-6-3-2-4-7-19/h2-4,6-7,9-12,21H,5,8,13-17H2,1H3,(H,25,29)(H,26,28). The third kappa shape index (κ3) is 6.17. The highest BCUT2D eigenvalue weighted by molar-refractivity contribution is 5.94. The molecule has 0 radical (unpaired) electrons. The monoisotopic (exact) mass is 407 g/mol. The molecule has 30 heavy (non-hydrogen) atoms. The summed E-state index contributed by atoms with van der Waals surface area (Å²) < 4.78 is 0. The predicted octanol–water partition coefficient (Wildman–Crippen LogP) is 2.67. The van der Waals surface area contributed by atoms with E-state index in [9.17, 15) is 14.4 Å². The molecule has 1 unspecified atom stereocenters. The smallest absolute Gasteiger partial charge is 0.253 e. The summed E-state index contributed by atoms with van der Waals surface area (Å²) in [5.74, 6) is -0.459. The summed E-state index contributed by atoms with van der Waals surface area (Å²) >= 11 is 0. The summed E-state index contributed by atoms with van der Waals surface area (Å²) in [5.41, 5.74) is 2.79. The summed E-state index contributed by atoms with van der Waals surface area (Å²) in [6.45, 7) is 3.84. The highest BCUT2D eigenvalue weighted by Gasteiger charge is 2.28. The molecule has 6 nitrogen and oxygen atoms in total. The first-order valence-corrected chi connectivity index (χ1v) is 10.5. The molecule has 1 heterocycles. The largest absolute Gasteiger partial charge is 0.355 e. The normalized spacial score (nSPS) is 16.0. The van der Waals surface area contributed by atoms with Gasteiger partial charge in [0.15, 0.2) is 0 Å². The summed E-state index contributed by atoms with van der Waals surface area (Å²) in [7, 11) is 0. The van der Waals surface area contributed by atoms with E-state index in [1.54, 1.807) is 4.90 Å². The Kier molecular flexibility index (Phi) is 7.60. The van der Waals surface area contributed by atoms with Crippen molar-refractivity contribution in [2.24, 2.45) is 5.92 Å². The van der Waals surface area contributed by atoms with Crippen LogP contribution in [0, 0.1) is 12.8 Å². The van der Waals surface area contributed by atoms with Gasteiger partial charge in [-0.3, -0.25) is 14.4 Å². The molecule has 1 aliphatic heterocycles. The van der Waals surface area contributed by atoms with E-state index >= 15 is 0 Å². The minimum Gasteiger partial charge on any atom is -0.355 e. The number of likely N-dealkylation sites (tertiary alicyclic amines) is 1. The molecule has 0 aliphatic carbocycles. The molecule has 1 saturated heterocycles. The van der Waals surface area contributed by atoms with Crippen LogP contribution in [0.15, 0.2) is 54.6 Å². The predicted molar refractivity (Wildman–Crippen MR) is 116 cm³/mol. The molecule has 1 aliphatic rings. The fourth-order valence-electron chi connectivity index (χ4n) is 3.58. The molecule has 3 rings (SSSR count). The Morgan fingerprint density at radius 1 is 1.00 bits per heavy atom. The van der Waals surface area contributed by atoms with Gasteiger partial charge in [-0.1, -0.05) is 48.0 Å². The molecular weight excluding hydrogens is 378 g/mol. The molecule has 158 valence electrons. The second-order valence-electron chi connectivity index (χ2n) is 7.76. The summed E-state index contributed by atoms with van der Waals surface area (Å²) in [5, 5.41) is 5.70. The van der Waals surface area contributed by atoms with Crippen molar-refractivity contribution >= 4 is 17.7 Å². The van der Waals surface area contributed by atoms with Gasteiger partial charge in [0.25, 0.3) is 5.91 Å². The highest BCUT2D eigenvalue weighted by atomic mass is 16.2. The van der Waals surface area contributed by atoms with Crippen LogP contribution in [0.2, 0.25) is 0 Å². The van der Waals surface area contributed by atoms with E-state index in [4.69, 9.17) is 0 Å². The lowest BCUT2D eigenvalue weighted by Crippen LogP contribution is -2.45. The van der Waals surface area contributed by atoms with Gasteiger partial charge >= 0.3 is 0 Å². The van der Waals surface area contributed by atoms with Crippen molar-refractivity contribution in [3.63, 3.8) is 0 Å². The molecule has 0 saturated carbocycles. The van der Waals surface area contributed by atoms with Crippen LogP contribution in [0.1, 0.15) is 40.7 Å². The van der Waals surface area contributed by atoms with Crippen LogP contribution in [-0.4, -0.2) is 42.3 Å². The molecule has 6 heteroatoms. The maximum absolute atomic E-state index is 12.7. The van der Waals surface area contributed by atoms with Gasteiger partial charge in [-0.15, -0.1) is 0 Å². The Bertz CT molecular complexity index is 865. The van der Waals surface area contributed by atoms with E-state index in [1.165, 1.54) is 0 Å². The van der Waals surface area contributed by atoms with Gasteiger partial charge in [0.2, 0.25) is 11.8 Å². The minimum atomic E-state index is -0.236. The van der Waals surface area contributed by atoms with Crippen LogP contribution in [0.3, 0.4) is 0 Å². The third-order valence-corrected chi connectivity index (χ3v) is 5.36. The van der Waals surface area contributed by atoms with Crippen LogP contribution in [0.25, 0.3) is 0 Å². The molecule has 0 spiro atoms. The van der Waals surface area contributed by atoms with Crippen molar-refractivity contribution < 1.29 is 14.4 Å². The third-order valence-electron chi connectivity index (χ3n) is 5.36. The van der Waals surface area contributed by atoms with Crippen LogP contribution < -0.4 is 10.6 Å². The molecule has 0 bridgehead atoms. The van der Waals surface area contributed by atoms with Crippen molar-refractivity contribution in [2.45, 2.75) is 32.7 Å². The maximum Gasteiger partial charge on any atom is 0.253 e. The Balaban J connectivity index is 1.41. The van der Waals surface area contributed by atoms with Crippen molar-refractivity contribution in [2.75, 3.05) is 19.6 Å². The Labute approximate surface area is 177 Å². The Hall–Kier alpha value is -3.15. The number of piperidine rings is 1. The summed E-state index contributed by atoms with van der Waals surface area (Å²) in [6.07, 6.45) is 1.79. The number of aryl methyl sites for hydroxylation is 1. The zero-order valence-electron chi connectivity index (χ0n) is 17.4. The fourth-order valence-corrected chi connectivity index (χ4v) is 3.58. The van der Waals surface area contributed by atoms with Crippen LogP contribution in [-0.2, 0) is 16.1 Å². The first-order chi connectivity index (χ1) is 14.5. The molecule has 1 fully saturated rings. The number of nitrogens with zero attached hydrogens (tertiary/aromatic N) is 1. The average Bonchev–Trinajstić information content (AvgIpc) is 2.78. The first-order valence-electron chi connectivity index (χ1n) is 10.5. The zero-order chi connectivity index (χ0) is 21.3. The van der Waals surface area contributed by atoms with Crippen LogP contribution in [0.5, 0.6) is 0 Å². The van der Waals surface area contributed by atoms with Gasteiger partial charge in [-0.25, -0.2) is 0 Å². The number of hydrogen-bond donors (Lipinski definition) is 2. The molecule has 3 amide bonds. The van der Waals surface area contributed by atoms with E-state index in [0.717, 1.165) is 24.0 Å². The van der Waals surface area contributed by atoms with E-state index in [1.807, 2.05) is 61.5 Å². The van der Waals surface area contributed by atoms with E-state index in [2.05, 4.69) is 10.6 Å². The number of carbonyl (C=O) groups is 3. The summed E-state index contributed by atoms with van der Waals surface area (Å²) in [6, 6.07) is 17.2. The number of rotatable bonds is 7. The maximum atomic E-state index is 12.7. The number of carbonyl (C=O) groups excluding carboxylic acids is 3. The first kappa shape index (κ1) is 21.6. The number of amides is 3. The second kappa shape index (κ2) is 10.6. The van der Waals surface area contributed by atoms with Crippen molar-refractivity contribution in [1.29, 1.82) is 0 Å². The van der Waals surface area contributed by atoms with Crippen LogP contribution in [0.4, 0.5) is 0 Å². The van der Waals surface area contributed by atoms with Gasteiger partial charge in [0.1, 0.15) is 0 Å². The lowest BCUT2D eigenvalue weighted by Gasteiger charge is -2.32. The van der Waals surface area contributed by atoms with Crippen molar-refractivity contribution in [1.82, 2.24) is 15.5 Å². The Morgan fingerprint density at radius 3 is 2.47 bits per heavy atom. The molecule has 2 aromatic rings. The summed E-state index contributed by atoms with van der Waals surface area (Å²) in [4.78, 5) is 39.0. The minimum absolute atomic E-state index is 0.0345. The topological polar surface area (TPSA) is 78.5 Å². The van der Waals surface area contributed by atoms with Crippen molar-refractivity contribution in [3.05, 3.63) is 71.3 Å². The van der Waals surface area contributed by atoms with Gasteiger partial charge in [-0.05, 0) is 37.5 Å². The van der Waals surface area contributed by atoms with E-state index in [-0.39, 0.29) is 30.1 Å². The molecular formula is C24H29N3O3. The highest BCUT2D eigenvalue weighted by Crippen LogP contribution is 2.19. The van der Waals surface area contributed by atoms with Crippen molar-refractivity contribution in [3.8, 4) is 0 Å². The molecule has 2 N–H and O–H groups in total. The van der Waals surface area contributed by atoms with Gasteiger partial charge < -0.3 is 15.5 Å². The molecule has 0 aromatic heterocycles. The Morgan fingerprint density at radius 2 is 1.73 bits per heavy atom. The number of benzene rings is 2. The quantitative estimate of drug-likeness (QED) is 0.741.